The Morgan fingerprint density at radius 2 is 1.82 bits per heavy atom. The van der Waals surface area contributed by atoms with Gasteiger partial charge < -0.3 is 5.32 Å². The summed E-state index contributed by atoms with van der Waals surface area (Å²) in [5, 5.41) is 2.86. The van der Waals surface area contributed by atoms with E-state index in [-0.39, 0.29) is 5.69 Å². The van der Waals surface area contributed by atoms with Crippen molar-refractivity contribution in [1.82, 2.24) is 4.98 Å². The second-order valence-corrected chi connectivity index (χ2v) is 8.32. The van der Waals surface area contributed by atoms with Gasteiger partial charge in [-0.05, 0) is 42.5 Å². The van der Waals surface area contributed by atoms with Gasteiger partial charge in [0.25, 0.3) is 5.91 Å². The number of halogens is 4. The van der Waals surface area contributed by atoms with Crippen LogP contribution >= 0.6 is 34.3 Å². The molecule has 1 N–H and O–H groups in total. The first-order chi connectivity index (χ1) is 13.3. The minimum Gasteiger partial charge on any atom is -0.321 e. The Labute approximate surface area is 170 Å². The number of para-hydroxylation sites is 1. The summed E-state index contributed by atoms with van der Waals surface area (Å²) >= 11 is 8.35. The van der Waals surface area contributed by atoms with Gasteiger partial charge in [-0.3, -0.25) is 4.79 Å². The number of nitrogens with one attached hydrogen (secondary N) is 1. The van der Waals surface area contributed by atoms with Gasteiger partial charge in [0.1, 0.15) is 5.01 Å². The maximum atomic E-state index is 13.0. The number of carbonyl (C=O) groups excluding carboxylic acids is 1. The molecule has 3 nitrogen and oxygen atoms in total. The normalized spacial score (nSPS) is 11.7. The summed E-state index contributed by atoms with van der Waals surface area (Å²) in [6.07, 6.45) is -4.60. The average Bonchev–Trinajstić information content (AvgIpc) is 3.29. The van der Waals surface area contributed by atoms with E-state index in [1.54, 1.807) is 12.1 Å². The maximum Gasteiger partial charge on any atom is 0.417 e. The molecule has 0 aliphatic carbocycles. The van der Waals surface area contributed by atoms with Crippen molar-refractivity contribution in [1.29, 1.82) is 0 Å². The molecule has 0 saturated heterocycles. The predicted octanol–water partition coefficient (Wildman–Crippen LogP) is 6.95. The van der Waals surface area contributed by atoms with E-state index in [2.05, 4.69) is 10.3 Å². The fourth-order valence-corrected chi connectivity index (χ4v) is 4.71. The highest BCUT2D eigenvalue weighted by Gasteiger charge is 2.33. The Morgan fingerprint density at radius 1 is 1.04 bits per heavy atom. The summed E-state index contributed by atoms with van der Waals surface area (Å²) in [5.41, 5.74) is -0.0901. The molecular weight excluding hydrogens is 429 g/mol. The molecule has 1 amide bonds. The van der Waals surface area contributed by atoms with Gasteiger partial charge in [0.05, 0.1) is 30.6 Å². The molecule has 0 atom stereocenters. The summed E-state index contributed by atoms with van der Waals surface area (Å²) in [7, 11) is 0. The fourth-order valence-electron chi connectivity index (χ4n) is 2.57. The molecule has 142 valence electrons. The number of carbonyl (C=O) groups is 1. The minimum absolute atomic E-state index is 0.0247. The Bertz CT molecular complexity index is 1150. The van der Waals surface area contributed by atoms with Crippen LogP contribution < -0.4 is 5.32 Å². The highest BCUT2D eigenvalue weighted by Crippen LogP contribution is 2.37. The number of thiazole rings is 1. The van der Waals surface area contributed by atoms with Crippen molar-refractivity contribution in [2.24, 2.45) is 0 Å². The maximum absolute atomic E-state index is 13.0. The number of fused-ring (bicyclic) bond motifs is 1. The van der Waals surface area contributed by atoms with Crippen LogP contribution in [0.4, 0.5) is 18.9 Å². The first-order valence-electron chi connectivity index (χ1n) is 7.95. The van der Waals surface area contributed by atoms with E-state index in [0.717, 1.165) is 32.2 Å². The van der Waals surface area contributed by atoms with Crippen molar-refractivity contribution in [3.63, 3.8) is 0 Å². The number of amides is 1. The number of hydrogen-bond donors (Lipinski definition) is 1. The van der Waals surface area contributed by atoms with Crippen LogP contribution in [0.1, 0.15) is 15.2 Å². The lowest BCUT2D eigenvalue weighted by Gasteiger charge is -2.11. The Hall–Kier alpha value is -2.42. The number of hydrogen-bond acceptors (Lipinski definition) is 4. The Kier molecular flexibility index (Phi) is 4.86. The minimum atomic E-state index is -4.60. The number of rotatable bonds is 3. The van der Waals surface area contributed by atoms with E-state index >= 15 is 0 Å². The Morgan fingerprint density at radius 3 is 2.57 bits per heavy atom. The highest BCUT2D eigenvalue weighted by molar-refractivity contribution is 7.26. The zero-order chi connectivity index (χ0) is 19.9. The molecule has 4 rings (SSSR count). The lowest BCUT2D eigenvalue weighted by Crippen LogP contribution is -2.12. The number of aromatic nitrogens is 1. The molecule has 0 fully saturated rings. The van der Waals surface area contributed by atoms with Crippen LogP contribution in [0.15, 0.2) is 54.6 Å². The molecule has 2 heterocycles. The standard InChI is InChI=1S/C19H10ClF3N2OS2/c20-12-6-5-10(9-11(12)19(21,22)23)24-17(26)15-7-8-16(27-15)18-25-13-3-1-2-4-14(13)28-18/h1-9H,(H,24,26). The van der Waals surface area contributed by atoms with Gasteiger partial charge in [0.15, 0.2) is 0 Å². The third-order valence-corrected chi connectivity index (χ3v) is 6.48. The average molecular weight is 439 g/mol. The number of thiophene rings is 1. The molecule has 4 aromatic rings. The molecule has 0 saturated carbocycles. The summed E-state index contributed by atoms with van der Waals surface area (Å²) in [6.45, 7) is 0. The largest absolute Gasteiger partial charge is 0.417 e. The van der Waals surface area contributed by atoms with E-state index in [0.29, 0.717) is 4.88 Å². The van der Waals surface area contributed by atoms with Gasteiger partial charge in [-0.15, -0.1) is 22.7 Å². The number of nitrogens with zero attached hydrogens (tertiary/aromatic N) is 1. The van der Waals surface area contributed by atoms with E-state index in [4.69, 9.17) is 11.6 Å². The lowest BCUT2D eigenvalue weighted by molar-refractivity contribution is -0.137. The van der Waals surface area contributed by atoms with Crippen LogP contribution in [0.25, 0.3) is 20.1 Å². The van der Waals surface area contributed by atoms with E-state index in [9.17, 15) is 18.0 Å². The molecule has 9 heteroatoms. The van der Waals surface area contributed by atoms with Gasteiger partial charge in [-0.1, -0.05) is 23.7 Å². The molecule has 0 unspecified atom stereocenters. The Balaban J connectivity index is 1.57. The van der Waals surface area contributed by atoms with Gasteiger partial charge in [0, 0.05) is 5.69 Å². The van der Waals surface area contributed by atoms with Crippen molar-refractivity contribution in [3.05, 3.63) is 70.1 Å². The summed E-state index contributed by atoms with van der Waals surface area (Å²) in [4.78, 5) is 18.2. The molecule has 0 spiro atoms. The quantitative estimate of drug-likeness (QED) is 0.376. The van der Waals surface area contributed by atoms with E-state index < -0.39 is 22.7 Å². The molecule has 0 radical (unpaired) electrons. The molecule has 0 aliphatic rings. The second kappa shape index (κ2) is 7.20. The van der Waals surface area contributed by atoms with Gasteiger partial charge in [0.2, 0.25) is 0 Å². The SMILES string of the molecule is O=C(Nc1ccc(Cl)c(C(F)(F)F)c1)c1ccc(-c2nc3ccccc3s2)s1. The van der Waals surface area contributed by atoms with Gasteiger partial charge >= 0.3 is 6.18 Å². The topological polar surface area (TPSA) is 42.0 Å². The lowest BCUT2D eigenvalue weighted by atomic mass is 10.2. The highest BCUT2D eigenvalue weighted by atomic mass is 35.5. The first-order valence-corrected chi connectivity index (χ1v) is 9.96. The summed E-state index contributed by atoms with van der Waals surface area (Å²) < 4.78 is 39.9. The van der Waals surface area contributed by atoms with Crippen LogP contribution in [-0.4, -0.2) is 10.9 Å². The van der Waals surface area contributed by atoms with Crippen LogP contribution in [-0.2, 0) is 6.18 Å². The van der Waals surface area contributed by atoms with Crippen molar-refractivity contribution in [3.8, 4) is 9.88 Å². The van der Waals surface area contributed by atoms with Gasteiger partial charge in [-0.25, -0.2) is 4.98 Å². The first kappa shape index (κ1) is 18.9. The zero-order valence-corrected chi connectivity index (χ0v) is 16.3. The van der Waals surface area contributed by atoms with Crippen LogP contribution in [0.5, 0.6) is 0 Å². The van der Waals surface area contributed by atoms with Crippen molar-refractivity contribution >= 4 is 56.1 Å². The van der Waals surface area contributed by atoms with Crippen LogP contribution in [0, 0.1) is 0 Å². The zero-order valence-electron chi connectivity index (χ0n) is 13.9. The molecule has 2 aromatic carbocycles. The summed E-state index contributed by atoms with van der Waals surface area (Å²) in [6, 6.07) is 14.4. The second-order valence-electron chi connectivity index (χ2n) is 5.80. The molecular formula is C19H10ClF3N2OS2. The smallest absolute Gasteiger partial charge is 0.321 e. The van der Waals surface area contributed by atoms with E-state index in [1.165, 1.54) is 28.7 Å². The number of alkyl halides is 3. The van der Waals surface area contributed by atoms with Crippen molar-refractivity contribution in [2.45, 2.75) is 6.18 Å². The van der Waals surface area contributed by atoms with E-state index in [1.807, 2.05) is 24.3 Å². The third kappa shape index (κ3) is 3.76. The molecule has 2 aromatic heterocycles. The van der Waals surface area contributed by atoms with Crippen LogP contribution in [0.2, 0.25) is 5.02 Å². The molecule has 0 aliphatic heterocycles. The summed E-state index contributed by atoms with van der Waals surface area (Å²) in [5.74, 6) is -0.493. The molecule has 28 heavy (non-hydrogen) atoms. The van der Waals surface area contributed by atoms with Gasteiger partial charge in [-0.2, -0.15) is 13.2 Å². The van der Waals surface area contributed by atoms with Crippen LogP contribution in [0.3, 0.4) is 0 Å². The number of benzene rings is 2. The predicted molar refractivity (Wildman–Crippen MR) is 107 cm³/mol. The van der Waals surface area contributed by atoms with Crippen molar-refractivity contribution in [2.75, 3.05) is 5.32 Å². The monoisotopic (exact) mass is 438 g/mol. The van der Waals surface area contributed by atoms with Crippen molar-refractivity contribution < 1.29 is 18.0 Å². The third-order valence-electron chi connectivity index (χ3n) is 3.86. The molecule has 0 bridgehead atoms. The number of anilines is 1. The fraction of sp³-hybridized carbons (Fsp3) is 0.0526.